The van der Waals surface area contributed by atoms with Crippen LogP contribution in [-0.4, -0.2) is 34.0 Å². The zero-order valence-corrected chi connectivity index (χ0v) is 8.26. The Hall–Kier alpha value is -1.84. The largest absolute Gasteiger partial charge is 0.505 e. The van der Waals surface area contributed by atoms with Crippen LogP contribution in [0.5, 0.6) is 5.75 Å². The van der Waals surface area contributed by atoms with E-state index in [1.54, 1.807) is 4.90 Å². The molecule has 0 saturated carbocycles. The number of nitrogens with zero attached hydrogens (tertiary/aromatic N) is 2. The molecule has 0 bridgehead atoms. The smallest absolute Gasteiger partial charge is 0.258 e. The average molecular weight is 204 g/mol. The van der Waals surface area contributed by atoms with Crippen LogP contribution in [0.15, 0.2) is 30.6 Å². The Morgan fingerprint density at radius 1 is 1.47 bits per heavy atom. The zero-order chi connectivity index (χ0) is 10.7. The van der Waals surface area contributed by atoms with E-state index in [-0.39, 0.29) is 11.7 Å². The van der Waals surface area contributed by atoms with Gasteiger partial charge in [-0.15, -0.1) is 0 Å². The summed E-state index contributed by atoms with van der Waals surface area (Å²) in [5, 5.41) is 9.48. The van der Waals surface area contributed by atoms with Crippen molar-refractivity contribution in [3.8, 4) is 5.75 Å². The van der Waals surface area contributed by atoms with Crippen molar-refractivity contribution in [3.05, 3.63) is 36.2 Å². The molecule has 4 heteroatoms. The van der Waals surface area contributed by atoms with E-state index in [0.29, 0.717) is 18.7 Å². The monoisotopic (exact) mass is 204 g/mol. The molecule has 2 rings (SSSR count). The first-order chi connectivity index (χ1) is 7.29. The van der Waals surface area contributed by atoms with Gasteiger partial charge in [-0.1, -0.05) is 12.2 Å². The van der Waals surface area contributed by atoms with Crippen LogP contribution in [0.2, 0.25) is 0 Å². The third-order valence-electron chi connectivity index (χ3n) is 2.38. The molecule has 1 aliphatic heterocycles. The van der Waals surface area contributed by atoms with Gasteiger partial charge in [-0.3, -0.25) is 9.78 Å². The highest BCUT2D eigenvalue weighted by Crippen LogP contribution is 2.17. The first-order valence-electron chi connectivity index (χ1n) is 4.86. The molecule has 0 aliphatic carbocycles. The molecule has 0 saturated heterocycles. The third-order valence-corrected chi connectivity index (χ3v) is 2.38. The van der Waals surface area contributed by atoms with Crippen LogP contribution in [-0.2, 0) is 0 Å². The molecule has 0 spiro atoms. The number of pyridine rings is 1. The van der Waals surface area contributed by atoms with Gasteiger partial charge in [-0.05, 0) is 12.5 Å². The third kappa shape index (κ3) is 1.98. The first-order valence-corrected chi connectivity index (χ1v) is 4.86. The highest BCUT2D eigenvalue weighted by Gasteiger charge is 2.18. The Bertz CT molecular complexity index is 401. The molecule has 0 radical (unpaired) electrons. The topological polar surface area (TPSA) is 53.4 Å². The van der Waals surface area contributed by atoms with E-state index in [4.69, 9.17) is 0 Å². The highest BCUT2D eigenvalue weighted by atomic mass is 16.3. The van der Waals surface area contributed by atoms with E-state index in [9.17, 15) is 9.90 Å². The van der Waals surface area contributed by atoms with Crippen LogP contribution in [0.25, 0.3) is 0 Å². The second kappa shape index (κ2) is 4.13. The molecule has 1 amide bonds. The van der Waals surface area contributed by atoms with Crippen molar-refractivity contribution in [2.75, 3.05) is 13.1 Å². The fraction of sp³-hybridized carbons (Fsp3) is 0.273. The number of carbonyl (C=O) groups excluding carboxylic acids is 1. The zero-order valence-electron chi connectivity index (χ0n) is 8.26. The highest BCUT2D eigenvalue weighted by molar-refractivity contribution is 5.96. The van der Waals surface area contributed by atoms with Crippen molar-refractivity contribution in [1.82, 2.24) is 9.88 Å². The van der Waals surface area contributed by atoms with Crippen molar-refractivity contribution in [3.63, 3.8) is 0 Å². The van der Waals surface area contributed by atoms with Gasteiger partial charge in [0.2, 0.25) is 0 Å². The van der Waals surface area contributed by atoms with E-state index in [1.165, 1.54) is 18.5 Å². The molecule has 1 N–H and O–H groups in total. The number of hydrogen-bond acceptors (Lipinski definition) is 3. The maximum atomic E-state index is 11.9. The van der Waals surface area contributed by atoms with Gasteiger partial charge >= 0.3 is 0 Å². The molecule has 1 aromatic heterocycles. The first kappa shape index (κ1) is 9.71. The predicted molar refractivity (Wildman–Crippen MR) is 55.6 cm³/mol. The number of aromatic hydroxyl groups is 1. The van der Waals surface area contributed by atoms with Gasteiger partial charge < -0.3 is 10.0 Å². The summed E-state index contributed by atoms with van der Waals surface area (Å²) in [7, 11) is 0. The Morgan fingerprint density at radius 2 is 2.33 bits per heavy atom. The van der Waals surface area contributed by atoms with E-state index in [1.807, 2.05) is 6.08 Å². The van der Waals surface area contributed by atoms with Gasteiger partial charge in [-0.2, -0.15) is 0 Å². The second-order valence-electron chi connectivity index (χ2n) is 3.40. The van der Waals surface area contributed by atoms with E-state index >= 15 is 0 Å². The standard InChI is InChI=1S/C11H12N2O2/c14-10-8-12-5-4-9(10)11(15)13-6-2-1-3-7-13/h1-2,4-5,8,14H,3,6-7H2. The summed E-state index contributed by atoms with van der Waals surface area (Å²) in [5.41, 5.74) is 0.320. The molecule has 0 fully saturated rings. The van der Waals surface area contributed by atoms with Gasteiger partial charge in [0.1, 0.15) is 5.75 Å². The number of hydrogen-bond donors (Lipinski definition) is 1. The predicted octanol–water partition coefficient (Wildman–Crippen LogP) is 1.19. The Morgan fingerprint density at radius 3 is 3.00 bits per heavy atom. The number of carbonyl (C=O) groups is 1. The van der Waals surface area contributed by atoms with Gasteiger partial charge in [0.15, 0.2) is 0 Å². The fourth-order valence-electron chi connectivity index (χ4n) is 1.56. The number of rotatable bonds is 1. The minimum atomic E-state index is -0.140. The lowest BCUT2D eigenvalue weighted by Crippen LogP contribution is -2.33. The number of amides is 1. The van der Waals surface area contributed by atoms with Crippen LogP contribution in [0, 0.1) is 0 Å². The molecule has 0 aromatic carbocycles. The maximum Gasteiger partial charge on any atom is 0.258 e. The number of aromatic nitrogens is 1. The summed E-state index contributed by atoms with van der Waals surface area (Å²) in [6.07, 6.45) is 7.67. The van der Waals surface area contributed by atoms with Gasteiger partial charge in [0, 0.05) is 19.3 Å². The van der Waals surface area contributed by atoms with Crippen molar-refractivity contribution < 1.29 is 9.90 Å². The summed E-state index contributed by atoms with van der Waals surface area (Å²) in [5.74, 6) is -0.198. The fourth-order valence-corrected chi connectivity index (χ4v) is 1.56. The SMILES string of the molecule is O=C(c1ccncc1O)N1CC=CCC1. The normalized spacial score (nSPS) is 15.3. The maximum absolute atomic E-state index is 11.9. The second-order valence-corrected chi connectivity index (χ2v) is 3.40. The lowest BCUT2D eigenvalue weighted by Gasteiger charge is -2.23. The Kier molecular flexibility index (Phi) is 2.67. The van der Waals surface area contributed by atoms with Crippen molar-refractivity contribution >= 4 is 5.91 Å². The van der Waals surface area contributed by atoms with E-state index in [0.717, 1.165) is 6.42 Å². The molecule has 15 heavy (non-hydrogen) atoms. The molecule has 1 aromatic rings. The Labute approximate surface area is 87.9 Å². The summed E-state index contributed by atoms with van der Waals surface area (Å²) >= 11 is 0. The Balaban J connectivity index is 2.20. The molecule has 1 aliphatic rings. The molecule has 78 valence electrons. The summed E-state index contributed by atoms with van der Waals surface area (Å²) < 4.78 is 0. The van der Waals surface area contributed by atoms with Crippen molar-refractivity contribution in [2.24, 2.45) is 0 Å². The minimum absolute atomic E-state index is 0.0583. The molecule has 0 atom stereocenters. The molecule has 2 heterocycles. The minimum Gasteiger partial charge on any atom is -0.505 e. The summed E-state index contributed by atoms with van der Waals surface area (Å²) in [4.78, 5) is 17.4. The van der Waals surface area contributed by atoms with Crippen LogP contribution in [0.1, 0.15) is 16.8 Å². The quantitative estimate of drug-likeness (QED) is 0.699. The molecule has 4 nitrogen and oxygen atoms in total. The lowest BCUT2D eigenvalue weighted by molar-refractivity contribution is 0.0768. The molecular weight excluding hydrogens is 192 g/mol. The van der Waals surface area contributed by atoms with Crippen molar-refractivity contribution in [2.45, 2.75) is 6.42 Å². The van der Waals surface area contributed by atoms with Gasteiger partial charge in [-0.25, -0.2) is 0 Å². The van der Waals surface area contributed by atoms with Crippen LogP contribution in [0.4, 0.5) is 0 Å². The van der Waals surface area contributed by atoms with Gasteiger partial charge in [0.05, 0.1) is 11.8 Å². The molecular formula is C11H12N2O2. The van der Waals surface area contributed by atoms with Crippen LogP contribution < -0.4 is 0 Å². The molecule has 0 unspecified atom stereocenters. The summed E-state index contributed by atoms with van der Waals surface area (Å²) in [6, 6.07) is 1.54. The van der Waals surface area contributed by atoms with Gasteiger partial charge in [0.25, 0.3) is 5.91 Å². The average Bonchev–Trinajstić information content (AvgIpc) is 2.30. The van der Waals surface area contributed by atoms with Crippen LogP contribution in [0.3, 0.4) is 0 Å². The van der Waals surface area contributed by atoms with E-state index in [2.05, 4.69) is 11.1 Å². The summed E-state index contributed by atoms with van der Waals surface area (Å²) in [6.45, 7) is 1.32. The van der Waals surface area contributed by atoms with E-state index < -0.39 is 0 Å². The van der Waals surface area contributed by atoms with Crippen LogP contribution >= 0.6 is 0 Å². The van der Waals surface area contributed by atoms with Crippen molar-refractivity contribution in [1.29, 1.82) is 0 Å². The lowest BCUT2D eigenvalue weighted by atomic mass is 10.2.